The van der Waals surface area contributed by atoms with Crippen molar-refractivity contribution in [3.8, 4) is 11.3 Å². The quantitative estimate of drug-likeness (QED) is 0.796. The van der Waals surface area contributed by atoms with Crippen LogP contribution in [0.3, 0.4) is 0 Å². The summed E-state index contributed by atoms with van der Waals surface area (Å²) in [5, 5.41) is 3.40. The van der Waals surface area contributed by atoms with E-state index >= 15 is 0 Å². The molecule has 0 unspecified atom stereocenters. The van der Waals surface area contributed by atoms with Gasteiger partial charge in [0.05, 0.1) is 17.4 Å². The van der Waals surface area contributed by atoms with Crippen LogP contribution in [0.4, 0.5) is 14.6 Å². The van der Waals surface area contributed by atoms with Gasteiger partial charge in [-0.05, 0) is 18.2 Å². The van der Waals surface area contributed by atoms with Gasteiger partial charge < -0.3 is 9.88 Å². The minimum absolute atomic E-state index is 0.231. The number of fused-ring (bicyclic) bond motifs is 1. The number of nitrogens with zero attached hydrogens (tertiary/aromatic N) is 3. The first kappa shape index (κ1) is 16.0. The van der Waals surface area contributed by atoms with Crippen LogP contribution in [0.25, 0.3) is 22.2 Å². The predicted octanol–water partition coefficient (Wildman–Crippen LogP) is 3.71. The van der Waals surface area contributed by atoms with Crippen LogP contribution in [0.2, 0.25) is 0 Å². The second kappa shape index (κ2) is 5.67. The van der Waals surface area contributed by atoms with E-state index in [-0.39, 0.29) is 11.6 Å². The van der Waals surface area contributed by atoms with Crippen molar-refractivity contribution in [3.63, 3.8) is 0 Å². The number of anilines is 1. The van der Waals surface area contributed by atoms with Gasteiger partial charge in [-0.2, -0.15) is 8.78 Å². The molecule has 0 bridgehead atoms. The van der Waals surface area contributed by atoms with Crippen molar-refractivity contribution in [2.24, 2.45) is 7.05 Å². The molecule has 124 valence electrons. The molecule has 3 rings (SSSR count). The Bertz CT molecular complexity index is 928. The van der Waals surface area contributed by atoms with Crippen molar-refractivity contribution in [1.82, 2.24) is 14.5 Å². The molecule has 0 radical (unpaired) electrons. The van der Waals surface area contributed by atoms with Crippen molar-refractivity contribution >= 4 is 22.6 Å². The number of hydrogen-bond acceptors (Lipinski definition) is 3. The number of alkyl halides is 2. The molecule has 0 saturated carbocycles. The van der Waals surface area contributed by atoms with Crippen LogP contribution in [-0.4, -0.2) is 20.4 Å². The first-order chi connectivity index (χ1) is 11.3. The Kier molecular flexibility index (Phi) is 3.79. The summed E-state index contributed by atoms with van der Waals surface area (Å²) in [6, 6.07) is 6.26. The van der Waals surface area contributed by atoms with Crippen LogP contribution in [-0.2, 0) is 17.8 Å². The summed E-state index contributed by atoms with van der Waals surface area (Å²) in [6.45, 7) is 2.22. The van der Waals surface area contributed by atoms with E-state index in [1.165, 1.54) is 13.0 Å². The summed E-state index contributed by atoms with van der Waals surface area (Å²) in [5.74, 6) is -2.84. The first-order valence-electron chi connectivity index (χ1n) is 7.34. The van der Waals surface area contributed by atoms with Crippen molar-refractivity contribution in [2.75, 3.05) is 5.32 Å². The molecule has 0 fully saturated rings. The normalized spacial score (nSPS) is 11.7. The summed E-state index contributed by atoms with van der Waals surface area (Å²) >= 11 is 0. The average Bonchev–Trinajstić information content (AvgIpc) is 2.83. The maximum atomic E-state index is 13.6. The minimum Gasteiger partial charge on any atom is -0.349 e. The Morgan fingerprint density at radius 3 is 2.75 bits per heavy atom. The smallest absolute Gasteiger partial charge is 0.286 e. The SMILES string of the molecule is CC(=O)Nc1cc2c(-c3cccc(C(C)(F)F)n3)cn(C)c2cn1. The molecule has 7 heteroatoms. The number of pyridine rings is 2. The average molecular weight is 330 g/mol. The van der Waals surface area contributed by atoms with E-state index in [1.54, 1.807) is 24.4 Å². The minimum atomic E-state index is -3.01. The standard InChI is InChI=1S/C17H16F2N4O/c1-10(24)21-16-7-11-12(9-23(3)14(11)8-20-16)13-5-4-6-15(22-13)17(2,18)19/h4-9H,1-3H3,(H,20,21,24). The second-order valence-corrected chi connectivity index (χ2v) is 5.72. The lowest BCUT2D eigenvalue weighted by atomic mass is 10.1. The van der Waals surface area contributed by atoms with Gasteiger partial charge in [-0.3, -0.25) is 4.79 Å². The maximum Gasteiger partial charge on any atom is 0.286 e. The fraction of sp³-hybridized carbons (Fsp3) is 0.235. The predicted molar refractivity (Wildman–Crippen MR) is 87.8 cm³/mol. The van der Waals surface area contributed by atoms with E-state index in [1.807, 2.05) is 17.8 Å². The summed E-state index contributed by atoms with van der Waals surface area (Å²) < 4.78 is 28.9. The van der Waals surface area contributed by atoms with Crippen LogP contribution >= 0.6 is 0 Å². The third kappa shape index (κ3) is 2.97. The first-order valence-corrected chi connectivity index (χ1v) is 7.34. The Balaban J connectivity index is 2.17. The third-order valence-electron chi connectivity index (χ3n) is 3.65. The van der Waals surface area contributed by atoms with E-state index < -0.39 is 5.92 Å². The molecule has 0 aliphatic carbocycles. The van der Waals surface area contributed by atoms with Gasteiger partial charge in [0.2, 0.25) is 5.91 Å². The fourth-order valence-corrected chi connectivity index (χ4v) is 2.56. The zero-order chi connectivity index (χ0) is 17.5. The summed E-state index contributed by atoms with van der Waals surface area (Å²) in [5.41, 5.74) is 1.68. The van der Waals surface area contributed by atoms with Gasteiger partial charge in [0.15, 0.2) is 0 Å². The Morgan fingerprint density at radius 2 is 2.08 bits per heavy atom. The number of rotatable bonds is 3. The number of aromatic nitrogens is 3. The molecular weight excluding hydrogens is 314 g/mol. The van der Waals surface area contributed by atoms with E-state index in [9.17, 15) is 13.6 Å². The van der Waals surface area contributed by atoms with E-state index in [0.717, 1.165) is 17.8 Å². The van der Waals surface area contributed by atoms with Crippen molar-refractivity contribution in [3.05, 3.63) is 42.4 Å². The molecule has 0 aliphatic rings. The van der Waals surface area contributed by atoms with Crippen molar-refractivity contribution in [1.29, 1.82) is 0 Å². The van der Waals surface area contributed by atoms with Gasteiger partial charge in [-0.1, -0.05) is 6.07 Å². The zero-order valence-electron chi connectivity index (χ0n) is 13.5. The van der Waals surface area contributed by atoms with Crippen molar-refractivity contribution in [2.45, 2.75) is 19.8 Å². The number of aryl methyl sites for hydroxylation is 1. The number of halogens is 2. The Morgan fingerprint density at radius 1 is 1.33 bits per heavy atom. The van der Waals surface area contributed by atoms with E-state index in [2.05, 4.69) is 15.3 Å². The van der Waals surface area contributed by atoms with Crippen molar-refractivity contribution < 1.29 is 13.6 Å². The van der Waals surface area contributed by atoms with Crippen LogP contribution in [0, 0.1) is 0 Å². The molecule has 0 aromatic carbocycles. The molecule has 3 aromatic rings. The van der Waals surface area contributed by atoms with E-state index in [4.69, 9.17) is 0 Å². The summed E-state index contributed by atoms with van der Waals surface area (Å²) in [7, 11) is 1.84. The number of nitrogens with one attached hydrogen (secondary N) is 1. The Labute approximate surface area is 137 Å². The second-order valence-electron chi connectivity index (χ2n) is 5.72. The third-order valence-corrected chi connectivity index (χ3v) is 3.65. The number of amides is 1. The molecule has 0 saturated heterocycles. The van der Waals surface area contributed by atoms with Crippen LogP contribution in [0.5, 0.6) is 0 Å². The lowest BCUT2D eigenvalue weighted by molar-refractivity contribution is -0.114. The van der Waals surface area contributed by atoms with Gasteiger partial charge >= 0.3 is 0 Å². The molecule has 24 heavy (non-hydrogen) atoms. The molecule has 0 atom stereocenters. The van der Waals surface area contributed by atoms with Gasteiger partial charge in [0.1, 0.15) is 11.5 Å². The fourth-order valence-electron chi connectivity index (χ4n) is 2.56. The highest BCUT2D eigenvalue weighted by atomic mass is 19.3. The largest absolute Gasteiger partial charge is 0.349 e. The summed E-state index contributed by atoms with van der Waals surface area (Å²) in [6.07, 6.45) is 3.44. The highest BCUT2D eigenvalue weighted by Gasteiger charge is 2.26. The van der Waals surface area contributed by atoms with E-state index in [0.29, 0.717) is 17.1 Å². The lowest BCUT2D eigenvalue weighted by Crippen LogP contribution is -2.09. The van der Waals surface area contributed by atoms with Gasteiger partial charge in [0.25, 0.3) is 5.92 Å². The van der Waals surface area contributed by atoms with Crippen LogP contribution in [0.1, 0.15) is 19.5 Å². The molecule has 0 spiro atoms. The molecule has 1 amide bonds. The topological polar surface area (TPSA) is 59.8 Å². The number of carbonyl (C=O) groups excluding carboxylic acids is 1. The Hall–Kier alpha value is -2.83. The van der Waals surface area contributed by atoms with Crippen LogP contribution < -0.4 is 5.32 Å². The zero-order valence-corrected chi connectivity index (χ0v) is 13.5. The maximum absolute atomic E-state index is 13.6. The monoisotopic (exact) mass is 330 g/mol. The lowest BCUT2D eigenvalue weighted by Gasteiger charge is -2.10. The number of hydrogen-bond donors (Lipinski definition) is 1. The van der Waals surface area contributed by atoms with Gasteiger partial charge in [0, 0.05) is 38.0 Å². The molecule has 5 nitrogen and oxygen atoms in total. The molecular formula is C17H16F2N4O. The van der Waals surface area contributed by atoms with Gasteiger partial charge in [-0.15, -0.1) is 0 Å². The highest BCUT2D eigenvalue weighted by molar-refractivity contribution is 5.98. The molecule has 0 aliphatic heterocycles. The summed E-state index contributed by atoms with van der Waals surface area (Å²) in [4.78, 5) is 19.5. The molecule has 1 N–H and O–H groups in total. The number of carbonyl (C=O) groups is 1. The molecule has 3 aromatic heterocycles. The molecule has 3 heterocycles. The highest BCUT2D eigenvalue weighted by Crippen LogP contribution is 2.32. The van der Waals surface area contributed by atoms with Crippen LogP contribution in [0.15, 0.2) is 36.7 Å². The van der Waals surface area contributed by atoms with Gasteiger partial charge in [-0.25, -0.2) is 9.97 Å².